The molecule has 0 spiro atoms. The molecule has 1 heterocycles. The summed E-state index contributed by atoms with van der Waals surface area (Å²) in [5.74, 6) is 0.643. The Morgan fingerprint density at radius 3 is 2.48 bits per heavy atom. The number of aliphatic imine (C=N–C) groups is 1. The number of amides is 1. The number of hydrogen-bond donors (Lipinski definition) is 2. The number of carbonyl (C=O) groups excluding carboxylic acids is 1. The first-order chi connectivity index (χ1) is 12.7. The van der Waals surface area contributed by atoms with Crippen LogP contribution in [0.5, 0.6) is 0 Å². The van der Waals surface area contributed by atoms with E-state index >= 15 is 0 Å². The molecule has 1 amide bonds. The van der Waals surface area contributed by atoms with Gasteiger partial charge in [0.05, 0.1) is 17.5 Å². The molecule has 0 radical (unpaired) electrons. The third kappa shape index (κ3) is 6.43. The van der Waals surface area contributed by atoms with Crippen LogP contribution in [0.1, 0.15) is 33.3 Å². The lowest BCUT2D eigenvalue weighted by Gasteiger charge is -2.40. The second kappa shape index (κ2) is 8.70. The Bertz CT molecular complexity index is 691. The monoisotopic (exact) mass is 377 g/mol. The summed E-state index contributed by atoms with van der Waals surface area (Å²) in [5.41, 5.74) is 0.433. The molecule has 2 N–H and O–H groups in total. The van der Waals surface area contributed by atoms with Crippen molar-refractivity contribution in [3.8, 4) is 0 Å². The standard InChI is InChI=1S/C18H27N5O4/c1-5-19-16(20-10-13-6-8-15(9-7-13)23(25)26)21-14-11-22(12-14)17(24)27-18(2,3)4/h6-9,14H,5,10-12H2,1-4H3,(H2,19,20,21). The number of nitrogens with one attached hydrogen (secondary N) is 2. The van der Waals surface area contributed by atoms with Gasteiger partial charge in [0.25, 0.3) is 5.69 Å². The number of hydrogen-bond acceptors (Lipinski definition) is 5. The summed E-state index contributed by atoms with van der Waals surface area (Å²) in [5, 5.41) is 17.1. The van der Waals surface area contributed by atoms with Crippen molar-refractivity contribution in [2.45, 2.75) is 45.9 Å². The smallest absolute Gasteiger partial charge is 0.410 e. The minimum absolute atomic E-state index is 0.0597. The van der Waals surface area contributed by atoms with E-state index in [0.717, 1.165) is 5.56 Å². The predicted octanol–water partition coefficient (Wildman–Crippen LogP) is 2.27. The van der Waals surface area contributed by atoms with Crippen LogP contribution in [0.15, 0.2) is 29.3 Å². The molecule has 0 aliphatic carbocycles. The van der Waals surface area contributed by atoms with Crippen molar-refractivity contribution < 1.29 is 14.5 Å². The number of nitro groups is 1. The molecule has 0 bridgehead atoms. The minimum Gasteiger partial charge on any atom is -0.444 e. The number of ether oxygens (including phenoxy) is 1. The van der Waals surface area contributed by atoms with E-state index in [-0.39, 0.29) is 17.8 Å². The lowest BCUT2D eigenvalue weighted by Crippen LogP contribution is -2.63. The number of carbonyl (C=O) groups is 1. The van der Waals surface area contributed by atoms with E-state index in [1.807, 2.05) is 27.7 Å². The van der Waals surface area contributed by atoms with Gasteiger partial charge in [-0.1, -0.05) is 12.1 Å². The van der Waals surface area contributed by atoms with Crippen LogP contribution in [0.4, 0.5) is 10.5 Å². The molecule has 148 valence electrons. The van der Waals surface area contributed by atoms with Crippen LogP contribution in [-0.2, 0) is 11.3 Å². The van der Waals surface area contributed by atoms with Crippen LogP contribution in [0.2, 0.25) is 0 Å². The SMILES string of the molecule is CCNC(=NCc1ccc([N+](=O)[O-])cc1)NC1CN(C(=O)OC(C)(C)C)C1. The summed E-state index contributed by atoms with van der Waals surface area (Å²) in [4.78, 5) is 28.4. The van der Waals surface area contributed by atoms with E-state index in [2.05, 4.69) is 15.6 Å². The van der Waals surface area contributed by atoms with E-state index in [1.54, 1.807) is 17.0 Å². The Hall–Kier alpha value is -2.84. The number of non-ortho nitro benzene ring substituents is 1. The first kappa shape index (κ1) is 20.5. The maximum Gasteiger partial charge on any atom is 0.410 e. The summed E-state index contributed by atoms with van der Waals surface area (Å²) in [7, 11) is 0. The molecule has 1 aromatic rings. The lowest BCUT2D eigenvalue weighted by atomic mass is 10.1. The molecule has 1 fully saturated rings. The number of rotatable bonds is 5. The molecule has 0 unspecified atom stereocenters. The zero-order chi connectivity index (χ0) is 20.0. The third-order valence-corrected chi connectivity index (χ3v) is 3.79. The van der Waals surface area contributed by atoms with Crippen LogP contribution in [0.3, 0.4) is 0 Å². The number of guanidine groups is 1. The Balaban J connectivity index is 1.86. The van der Waals surface area contributed by atoms with Gasteiger partial charge in [-0.2, -0.15) is 0 Å². The molecular weight excluding hydrogens is 350 g/mol. The van der Waals surface area contributed by atoms with Gasteiger partial charge in [-0.15, -0.1) is 0 Å². The van der Waals surface area contributed by atoms with Crippen molar-refractivity contribution in [2.24, 2.45) is 4.99 Å². The Labute approximate surface area is 158 Å². The second-order valence-electron chi connectivity index (χ2n) is 7.35. The average Bonchev–Trinajstić information content (AvgIpc) is 2.53. The van der Waals surface area contributed by atoms with Gasteiger partial charge in [0.2, 0.25) is 0 Å². The van der Waals surface area contributed by atoms with Crippen LogP contribution in [-0.4, -0.2) is 53.2 Å². The predicted molar refractivity (Wildman–Crippen MR) is 103 cm³/mol. The fourth-order valence-electron chi connectivity index (χ4n) is 2.45. The highest BCUT2D eigenvalue weighted by Crippen LogP contribution is 2.15. The maximum absolute atomic E-state index is 12.0. The van der Waals surface area contributed by atoms with E-state index < -0.39 is 10.5 Å². The molecule has 1 aliphatic heterocycles. The molecule has 2 rings (SSSR count). The molecule has 1 aliphatic rings. The van der Waals surface area contributed by atoms with E-state index in [9.17, 15) is 14.9 Å². The number of likely N-dealkylation sites (tertiary alicyclic amines) is 1. The maximum atomic E-state index is 12.0. The summed E-state index contributed by atoms with van der Waals surface area (Å²) in [6.07, 6.45) is -0.312. The zero-order valence-electron chi connectivity index (χ0n) is 16.2. The summed E-state index contributed by atoms with van der Waals surface area (Å²) < 4.78 is 5.34. The van der Waals surface area contributed by atoms with E-state index in [0.29, 0.717) is 32.1 Å². The Morgan fingerprint density at radius 2 is 1.96 bits per heavy atom. The van der Waals surface area contributed by atoms with Gasteiger partial charge in [-0.05, 0) is 33.3 Å². The van der Waals surface area contributed by atoms with Crippen molar-refractivity contribution in [3.63, 3.8) is 0 Å². The summed E-state index contributed by atoms with van der Waals surface area (Å²) in [6, 6.07) is 6.43. The number of nitrogens with zero attached hydrogens (tertiary/aromatic N) is 3. The van der Waals surface area contributed by atoms with Crippen molar-refractivity contribution in [3.05, 3.63) is 39.9 Å². The Morgan fingerprint density at radius 1 is 1.33 bits per heavy atom. The highest BCUT2D eigenvalue weighted by atomic mass is 16.6. The summed E-state index contributed by atoms with van der Waals surface area (Å²) in [6.45, 7) is 9.70. The molecular formula is C18H27N5O4. The van der Waals surface area contributed by atoms with Gasteiger partial charge < -0.3 is 20.3 Å². The fraction of sp³-hybridized carbons (Fsp3) is 0.556. The lowest BCUT2D eigenvalue weighted by molar-refractivity contribution is -0.384. The summed E-state index contributed by atoms with van der Waals surface area (Å²) >= 11 is 0. The third-order valence-electron chi connectivity index (χ3n) is 3.79. The largest absolute Gasteiger partial charge is 0.444 e. The van der Waals surface area contributed by atoms with Gasteiger partial charge in [0.15, 0.2) is 5.96 Å². The van der Waals surface area contributed by atoms with Crippen molar-refractivity contribution >= 4 is 17.7 Å². The van der Waals surface area contributed by atoms with Gasteiger partial charge >= 0.3 is 6.09 Å². The first-order valence-electron chi connectivity index (χ1n) is 8.94. The first-order valence-corrected chi connectivity index (χ1v) is 8.94. The number of nitro benzene ring substituents is 1. The molecule has 9 heteroatoms. The molecule has 1 saturated heterocycles. The van der Waals surface area contributed by atoms with Gasteiger partial charge in [-0.3, -0.25) is 10.1 Å². The van der Waals surface area contributed by atoms with Crippen molar-refractivity contribution in [1.82, 2.24) is 15.5 Å². The highest BCUT2D eigenvalue weighted by Gasteiger charge is 2.34. The quantitative estimate of drug-likeness (QED) is 0.353. The van der Waals surface area contributed by atoms with Crippen molar-refractivity contribution in [1.29, 1.82) is 0 Å². The van der Waals surface area contributed by atoms with Gasteiger partial charge in [-0.25, -0.2) is 9.79 Å². The van der Waals surface area contributed by atoms with Crippen LogP contribution >= 0.6 is 0 Å². The topological polar surface area (TPSA) is 109 Å². The fourth-order valence-corrected chi connectivity index (χ4v) is 2.45. The van der Waals surface area contributed by atoms with Crippen LogP contribution in [0.25, 0.3) is 0 Å². The molecule has 9 nitrogen and oxygen atoms in total. The Kier molecular flexibility index (Phi) is 6.59. The number of benzene rings is 1. The minimum atomic E-state index is -0.503. The molecule has 0 saturated carbocycles. The van der Waals surface area contributed by atoms with E-state index in [1.165, 1.54) is 12.1 Å². The zero-order valence-corrected chi connectivity index (χ0v) is 16.2. The molecule has 0 aromatic heterocycles. The van der Waals surface area contributed by atoms with Crippen LogP contribution < -0.4 is 10.6 Å². The highest BCUT2D eigenvalue weighted by molar-refractivity contribution is 5.80. The van der Waals surface area contributed by atoms with Crippen LogP contribution in [0, 0.1) is 10.1 Å². The normalized spacial score (nSPS) is 15.1. The average molecular weight is 377 g/mol. The van der Waals surface area contributed by atoms with Crippen molar-refractivity contribution in [2.75, 3.05) is 19.6 Å². The van der Waals surface area contributed by atoms with Gasteiger partial charge in [0, 0.05) is 31.8 Å². The molecule has 1 aromatic carbocycles. The van der Waals surface area contributed by atoms with E-state index in [4.69, 9.17) is 4.74 Å². The van der Waals surface area contributed by atoms with Gasteiger partial charge in [0.1, 0.15) is 5.60 Å². The molecule has 27 heavy (non-hydrogen) atoms. The second-order valence-corrected chi connectivity index (χ2v) is 7.35. The molecule has 0 atom stereocenters.